The molecule has 0 N–H and O–H groups in total. The van der Waals surface area contributed by atoms with Gasteiger partial charge in [0.2, 0.25) is 5.91 Å². The van der Waals surface area contributed by atoms with Gasteiger partial charge in [0.1, 0.15) is 17.2 Å². The van der Waals surface area contributed by atoms with Crippen molar-refractivity contribution in [2.45, 2.75) is 69.9 Å². The molecule has 2 aromatic rings. The molecule has 5 rings (SSSR count). The standard InChI is InChI=1S/C33H44N2O4/c1-32(2)21-26-17-23(16-25-19-28(38-5)20-29(39-6)31(25)32)10-11-30(36)34(3)33(26)12-14-35(15-13-33)22-24-8-7-9-27(18-24)37-4/h7-9,18-21,23H,10-17,22H2,1-6H3/b26-21+. The summed E-state index contributed by atoms with van der Waals surface area (Å²) < 4.78 is 17.0. The summed E-state index contributed by atoms with van der Waals surface area (Å²) in [5.74, 6) is 3.29. The summed E-state index contributed by atoms with van der Waals surface area (Å²) >= 11 is 0. The Bertz CT molecular complexity index is 1240. The van der Waals surface area contributed by atoms with Gasteiger partial charge >= 0.3 is 0 Å². The zero-order valence-electron chi connectivity index (χ0n) is 24.5. The highest BCUT2D eigenvalue weighted by Crippen LogP contribution is 2.48. The van der Waals surface area contributed by atoms with Gasteiger partial charge in [-0.3, -0.25) is 9.69 Å². The number of benzene rings is 2. The number of hydrogen-bond acceptors (Lipinski definition) is 5. The molecule has 0 saturated carbocycles. The van der Waals surface area contributed by atoms with Gasteiger partial charge in [0.05, 0.1) is 26.9 Å². The van der Waals surface area contributed by atoms with E-state index in [9.17, 15) is 4.79 Å². The molecule has 1 aliphatic carbocycles. The molecular weight excluding hydrogens is 488 g/mol. The highest BCUT2D eigenvalue weighted by molar-refractivity contribution is 5.78. The van der Waals surface area contributed by atoms with Crippen LogP contribution < -0.4 is 14.2 Å². The molecule has 2 aromatic carbocycles. The Labute approximate surface area is 233 Å². The SMILES string of the molecule is COc1cccc(CN2CCC3(CC2)/C2=C/C(C)(C)c4c(cc(OC)cc4OC)CC(CCC(=O)N3C)C2)c1. The van der Waals surface area contributed by atoms with Crippen LogP contribution in [0.15, 0.2) is 48.0 Å². The minimum absolute atomic E-state index is 0.249. The Morgan fingerprint density at radius 1 is 0.949 bits per heavy atom. The van der Waals surface area contributed by atoms with Crippen LogP contribution in [-0.2, 0) is 23.2 Å². The molecule has 1 spiro atoms. The Morgan fingerprint density at radius 2 is 1.69 bits per heavy atom. The molecule has 1 atom stereocenters. The van der Waals surface area contributed by atoms with Crippen molar-refractivity contribution in [2.75, 3.05) is 41.5 Å². The molecule has 0 radical (unpaired) electrons. The molecule has 1 unspecified atom stereocenters. The van der Waals surface area contributed by atoms with Gasteiger partial charge in [-0.1, -0.05) is 32.1 Å². The summed E-state index contributed by atoms with van der Waals surface area (Å²) in [6.45, 7) is 7.38. The van der Waals surface area contributed by atoms with E-state index in [4.69, 9.17) is 14.2 Å². The Kier molecular flexibility index (Phi) is 7.69. The van der Waals surface area contributed by atoms with Crippen LogP contribution in [0.2, 0.25) is 0 Å². The molecule has 2 fully saturated rings. The third-order valence-corrected chi connectivity index (χ3v) is 9.41. The molecule has 3 aliphatic rings. The quantitative estimate of drug-likeness (QED) is 0.458. The Balaban J connectivity index is 1.51. The van der Waals surface area contributed by atoms with Crippen LogP contribution in [0, 0.1) is 5.92 Å². The van der Waals surface area contributed by atoms with Gasteiger partial charge in [-0.15, -0.1) is 0 Å². The van der Waals surface area contributed by atoms with E-state index in [0.29, 0.717) is 12.3 Å². The molecule has 2 aliphatic heterocycles. The molecule has 0 aromatic heterocycles. The third-order valence-electron chi connectivity index (χ3n) is 9.41. The van der Waals surface area contributed by atoms with E-state index in [1.165, 1.54) is 22.3 Å². The molecular formula is C33H44N2O4. The van der Waals surface area contributed by atoms with Crippen molar-refractivity contribution in [2.24, 2.45) is 5.92 Å². The van der Waals surface area contributed by atoms with Crippen LogP contribution >= 0.6 is 0 Å². The van der Waals surface area contributed by atoms with Crippen LogP contribution in [-0.4, -0.2) is 62.7 Å². The Hall–Kier alpha value is -2.99. The molecule has 2 heterocycles. The number of ether oxygens (including phenoxy) is 3. The number of allylic oxidation sites excluding steroid dienone is 1. The van der Waals surface area contributed by atoms with Gasteiger partial charge in [-0.2, -0.15) is 0 Å². The number of methoxy groups -OCH3 is 3. The lowest BCUT2D eigenvalue weighted by Crippen LogP contribution is -2.58. The summed E-state index contributed by atoms with van der Waals surface area (Å²) in [5, 5.41) is 0. The van der Waals surface area contributed by atoms with Gasteiger partial charge < -0.3 is 19.1 Å². The summed E-state index contributed by atoms with van der Waals surface area (Å²) in [7, 11) is 7.22. The average molecular weight is 533 g/mol. The van der Waals surface area contributed by atoms with Gasteiger partial charge in [0, 0.05) is 50.1 Å². The topological polar surface area (TPSA) is 51.2 Å². The predicted octanol–water partition coefficient (Wildman–Crippen LogP) is 5.77. The van der Waals surface area contributed by atoms with Crippen LogP contribution in [0.25, 0.3) is 0 Å². The summed E-state index contributed by atoms with van der Waals surface area (Å²) in [6, 6.07) is 12.5. The number of carbonyl (C=O) groups is 1. The van der Waals surface area contributed by atoms with Crippen LogP contribution in [0.1, 0.15) is 62.6 Å². The summed E-state index contributed by atoms with van der Waals surface area (Å²) in [4.78, 5) is 18.2. The second-order valence-corrected chi connectivity index (χ2v) is 12.2. The van der Waals surface area contributed by atoms with Gasteiger partial charge in [-0.05, 0) is 72.9 Å². The van der Waals surface area contributed by atoms with Crippen molar-refractivity contribution >= 4 is 5.91 Å². The number of hydrogen-bond donors (Lipinski definition) is 0. The molecule has 6 nitrogen and oxygen atoms in total. The van der Waals surface area contributed by atoms with E-state index in [2.05, 4.69) is 54.0 Å². The van der Waals surface area contributed by atoms with Crippen molar-refractivity contribution in [3.63, 3.8) is 0 Å². The van der Waals surface area contributed by atoms with Crippen LogP contribution in [0.3, 0.4) is 0 Å². The maximum atomic E-state index is 13.6. The first kappa shape index (κ1) is 27.6. The Morgan fingerprint density at radius 3 is 2.38 bits per heavy atom. The minimum Gasteiger partial charge on any atom is -0.497 e. The molecule has 2 saturated heterocycles. The van der Waals surface area contributed by atoms with E-state index in [-0.39, 0.29) is 16.9 Å². The smallest absolute Gasteiger partial charge is 0.223 e. The minimum atomic E-state index is -0.255. The first-order valence-electron chi connectivity index (χ1n) is 14.3. The van der Waals surface area contributed by atoms with E-state index < -0.39 is 0 Å². The highest BCUT2D eigenvalue weighted by atomic mass is 16.5. The fourth-order valence-corrected chi connectivity index (χ4v) is 7.32. The third kappa shape index (κ3) is 5.28. The summed E-state index contributed by atoms with van der Waals surface area (Å²) in [5.41, 5.74) is 4.71. The number of likely N-dealkylation sites (N-methyl/N-ethyl adjacent to an activating group) is 1. The number of fused-ring (bicyclic) bond motifs is 4. The monoisotopic (exact) mass is 532 g/mol. The van der Waals surface area contributed by atoms with Crippen LogP contribution in [0.4, 0.5) is 0 Å². The number of likely N-dealkylation sites (tertiary alicyclic amines) is 2. The largest absolute Gasteiger partial charge is 0.497 e. The molecule has 39 heavy (non-hydrogen) atoms. The number of carbonyl (C=O) groups excluding carboxylic acids is 1. The van der Waals surface area contributed by atoms with E-state index in [0.717, 1.165) is 69.0 Å². The van der Waals surface area contributed by atoms with Crippen molar-refractivity contribution in [3.8, 4) is 17.2 Å². The van der Waals surface area contributed by atoms with Crippen LogP contribution in [0.5, 0.6) is 17.2 Å². The van der Waals surface area contributed by atoms with Crippen molar-refractivity contribution in [1.82, 2.24) is 9.80 Å². The highest BCUT2D eigenvalue weighted by Gasteiger charge is 2.46. The maximum absolute atomic E-state index is 13.6. The second-order valence-electron chi connectivity index (χ2n) is 12.2. The summed E-state index contributed by atoms with van der Waals surface area (Å²) in [6.07, 6.45) is 7.83. The fraction of sp³-hybridized carbons (Fsp3) is 0.545. The zero-order chi connectivity index (χ0) is 27.8. The molecule has 1 amide bonds. The van der Waals surface area contributed by atoms with Crippen molar-refractivity contribution in [1.29, 1.82) is 0 Å². The van der Waals surface area contributed by atoms with Gasteiger partial charge in [0.25, 0.3) is 0 Å². The van der Waals surface area contributed by atoms with E-state index in [1.807, 2.05) is 19.2 Å². The number of nitrogens with zero attached hydrogens (tertiary/aromatic N) is 2. The number of rotatable bonds is 5. The lowest BCUT2D eigenvalue weighted by atomic mass is 9.66. The normalized spacial score (nSPS) is 23.9. The molecule has 210 valence electrons. The van der Waals surface area contributed by atoms with Crippen molar-refractivity contribution < 1.29 is 19.0 Å². The predicted molar refractivity (Wildman–Crippen MR) is 155 cm³/mol. The lowest BCUT2D eigenvalue weighted by Gasteiger charge is -2.52. The number of amides is 1. The van der Waals surface area contributed by atoms with Gasteiger partial charge in [0.15, 0.2) is 0 Å². The van der Waals surface area contributed by atoms with E-state index in [1.54, 1.807) is 21.3 Å². The number of piperidine rings is 1. The second kappa shape index (κ2) is 10.9. The van der Waals surface area contributed by atoms with Crippen molar-refractivity contribution in [3.05, 3.63) is 64.7 Å². The zero-order valence-corrected chi connectivity index (χ0v) is 24.5. The first-order chi connectivity index (χ1) is 18.7. The molecule has 2 bridgehead atoms. The average Bonchev–Trinajstić information content (AvgIpc) is 2.93. The maximum Gasteiger partial charge on any atom is 0.223 e. The van der Waals surface area contributed by atoms with E-state index >= 15 is 0 Å². The molecule has 6 heteroatoms. The first-order valence-corrected chi connectivity index (χ1v) is 14.3. The fourth-order valence-electron chi connectivity index (χ4n) is 7.32. The lowest BCUT2D eigenvalue weighted by molar-refractivity contribution is -0.137. The van der Waals surface area contributed by atoms with Gasteiger partial charge in [-0.25, -0.2) is 0 Å².